The van der Waals surface area contributed by atoms with E-state index in [0.29, 0.717) is 28.0 Å². The second kappa shape index (κ2) is 6.37. The second-order valence-corrected chi connectivity index (χ2v) is 5.35. The molecular formula is C16H16BrFO2. The van der Waals surface area contributed by atoms with Gasteiger partial charge in [-0.1, -0.05) is 40.2 Å². The Hall–Kier alpha value is -1.39. The maximum Gasteiger partial charge on any atom is 0.132 e. The van der Waals surface area contributed by atoms with Gasteiger partial charge in [0.05, 0.1) is 6.61 Å². The van der Waals surface area contributed by atoms with Crippen LogP contribution in [0.4, 0.5) is 4.39 Å². The first kappa shape index (κ1) is 15.0. The third-order valence-corrected chi connectivity index (χ3v) is 3.78. The smallest absolute Gasteiger partial charge is 0.132 e. The van der Waals surface area contributed by atoms with Crippen LogP contribution in [0.5, 0.6) is 5.75 Å². The molecule has 1 unspecified atom stereocenters. The molecule has 2 nitrogen and oxygen atoms in total. The van der Waals surface area contributed by atoms with E-state index in [1.165, 1.54) is 0 Å². The van der Waals surface area contributed by atoms with Crippen LogP contribution in [0.2, 0.25) is 0 Å². The summed E-state index contributed by atoms with van der Waals surface area (Å²) in [6.07, 6.45) is -1.01. The Morgan fingerprint density at radius 2 is 2.00 bits per heavy atom. The van der Waals surface area contributed by atoms with Crippen molar-refractivity contribution in [2.24, 2.45) is 0 Å². The van der Waals surface area contributed by atoms with Crippen molar-refractivity contribution in [3.05, 3.63) is 63.4 Å². The minimum absolute atomic E-state index is 0.273. The van der Waals surface area contributed by atoms with Gasteiger partial charge in [-0.15, -0.1) is 0 Å². The van der Waals surface area contributed by atoms with Gasteiger partial charge in [0.15, 0.2) is 0 Å². The molecule has 106 valence electrons. The largest absolute Gasteiger partial charge is 0.494 e. The number of ether oxygens (including phenoxy) is 1. The zero-order valence-electron chi connectivity index (χ0n) is 11.4. The summed E-state index contributed by atoms with van der Waals surface area (Å²) in [7, 11) is 0. The highest BCUT2D eigenvalue weighted by Gasteiger charge is 2.18. The van der Waals surface area contributed by atoms with E-state index in [1.807, 2.05) is 6.92 Å². The van der Waals surface area contributed by atoms with Crippen LogP contribution < -0.4 is 4.74 Å². The first-order valence-corrected chi connectivity index (χ1v) is 7.19. The standard InChI is InChI=1S/C16H16BrFO2/c1-3-20-11-7-8-12(14(17)9-11)16(19)13-6-4-5-10(2)15(13)18/h4-9,16,19H,3H2,1-2H3. The van der Waals surface area contributed by atoms with Crippen molar-refractivity contribution in [3.63, 3.8) is 0 Å². The number of aryl methyl sites for hydroxylation is 1. The zero-order valence-corrected chi connectivity index (χ0v) is 12.9. The van der Waals surface area contributed by atoms with Crippen molar-refractivity contribution >= 4 is 15.9 Å². The van der Waals surface area contributed by atoms with Crippen molar-refractivity contribution in [2.45, 2.75) is 20.0 Å². The number of rotatable bonds is 4. The van der Waals surface area contributed by atoms with Gasteiger partial charge in [-0.2, -0.15) is 0 Å². The van der Waals surface area contributed by atoms with Crippen molar-refractivity contribution in [2.75, 3.05) is 6.61 Å². The molecule has 0 aliphatic carbocycles. The third-order valence-electron chi connectivity index (χ3n) is 3.09. The normalized spacial score (nSPS) is 12.2. The summed E-state index contributed by atoms with van der Waals surface area (Å²) in [6.45, 7) is 4.15. The molecule has 0 amide bonds. The molecule has 2 aromatic rings. The average molecular weight is 339 g/mol. The molecule has 0 fully saturated rings. The monoisotopic (exact) mass is 338 g/mol. The lowest BCUT2D eigenvalue weighted by Gasteiger charge is -2.16. The van der Waals surface area contributed by atoms with E-state index >= 15 is 0 Å². The van der Waals surface area contributed by atoms with Crippen LogP contribution in [0.3, 0.4) is 0 Å². The highest BCUT2D eigenvalue weighted by molar-refractivity contribution is 9.10. The first-order valence-electron chi connectivity index (χ1n) is 6.40. The first-order chi connectivity index (χ1) is 9.54. The van der Waals surface area contributed by atoms with Gasteiger partial charge in [0.25, 0.3) is 0 Å². The summed E-state index contributed by atoms with van der Waals surface area (Å²) >= 11 is 3.40. The number of aliphatic hydroxyl groups excluding tert-OH is 1. The number of aliphatic hydroxyl groups is 1. The van der Waals surface area contributed by atoms with Crippen LogP contribution in [0.15, 0.2) is 40.9 Å². The minimum Gasteiger partial charge on any atom is -0.494 e. The number of halogens is 2. The van der Waals surface area contributed by atoms with Crippen LogP contribution in [0, 0.1) is 12.7 Å². The van der Waals surface area contributed by atoms with Gasteiger partial charge in [-0.25, -0.2) is 4.39 Å². The quantitative estimate of drug-likeness (QED) is 0.896. The average Bonchev–Trinajstić information content (AvgIpc) is 2.42. The maximum absolute atomic E-state index is 14.1. The molecule has 0 saturated heterocycles. The summed E-state index contributed by atoms with van der Waals surface area (Å²) < 4.78 is 20.1. The molecule has 1 N–H and O–H groups in total. The molecule has 0 radical (unpaired) electrons. The van der Waals surface area contributed by atoms with Crippen LogP contribution in [0.25, 0.3) is 0 Å². The lowest BCUT2D eigenvalue weighted by Crippen LogP contribution is -2.05. The van der Waals surface area contributed by atoms with Gasteiger partial charge in [0.2, 0.25) is 0 Å². The molecule has 0 aromatic heterocycles. The molecule has 4 heteroatoms. The number of hydrogen-bond donors (Lipinski definition) is 1. The van der Waals surface area contributed by atoms with Crippen molar-refractivity contribution in [1.82, 2.24) is 0 Å². The molecule has 0 bridgehead atoms. The Morgan fingerprint density at radius 1 is 1.25 bits per heavy atom. The van der Waals surface area contributed by atoms with E-state index in [9.17, 15) is 9.50 Å². The Bertz CT molecular complexity index is 613. The summed E-state index contributed by atoms with van der Waals surface area (Å²) in [5.41, 5.74) is 1.40. The maximum atomic E-state index is 14.1. The molecule has 0 aliphatic heterocycles. The van der Waals surface area contributed by atoms with Crippen LogP contribution in [-0.2, 0) is 0 Å². The summed E-state index contributed by atoms with van der Waals surface area (Å²) in [5, 5.41) is 10.4. The SMILES string of the molecule is CCOc1ccc(C(O)c2cccc(C)c2F)c(Br)c1. The topological polar surface area (TPSA) is 29.5 Å². The van der Waals surface area contributed by atoms with Gasteiger partial charge in [-0.05, 0) is 37.1 Å². The molecule has 0 heterocycles. The lowest BCUT2D eigenvalue weighted by atomic mass is 9.99. The fourth-order valence-electron chi connectivity index (χ4n) is 2.03. The zero-order chi connectivity index (χ0) is 14.7. The van der Waals surface area contributed by atoms with E-state index in [-0.39, 0.29) is 11.4 Å². The van der Waals surface area contributed by atoms with Crippen LogP contribution in [0.1, 0.15) is 29.7 Å². The lowest BCUT2D eigenvalue weighted by molar-refractivity contribution is 0.214. The van der Waals surface area contributed by atoms with E-state index in [1.54, 1.807) is 43.3 Å². The molecular weight excluding hydrogens is 323 g/mol. The summed E-state index contributed by atoms with van der Waals surface area (Å²) in [4.78, 5) is 0. The van der Waals surface area contributed by atoms with E-state index < -0.39 is 6.10 Å². The van der Waals surface area contributed by atoms with E-state index in [4.69, 9.17) is 4.74 Å². The molecule has 0 saturated carbocycles. The van der Waals surface area contributed by atoms with Gasteiger partial charge < -0.3 is 9.84 Å². The van der Waals surface area contributed by atoms with Crippen molar-refractivity contribution < 1.29 is 14.2 Å². The Kier molecular flexibility index (Phi) is 4.78. The minimum atomic E-state index is -1.01. The predicted octanol–water partition coefficient (Wildman–Crippen LogP) is 4.38. The van der Waals surface area contributed by atoms with Gasteiger partial charge in [-0.3, -0.25) is 0 Å². The molecule has 0 spiro atoms. The highest BCUT2D eigenvalue weighted by atomic mass is 79.9. The third kappa shape index (κ3) is 3.02. The summed E-state index contributed by atoms with van der Waals surface area (Å²) in [6, 6.07) is 10.3. The van der Waals surface area contributed by atoms with Gasteiger partial charge in [0.1, 0.15) is 17.7 Å². The number of benzene rings is 2. The van der Waals surface area contributed by atoms with Crippen LogP contribution >= 0.6 is 15.9 Å². The predicted molar refractivity (Wildman–Crippen MR) is 80.5 cm³/mol. The Balaban J connectivity index is 2.38. The van der Waals surface area contributed by atoms with Crippen molar-refractivity contribution in [1.29, 1.82) is 0 Å². The highest BCUT2D eigenvalue weighted by Crippen LogP contribution is 2.33. The fourth-order valence-corrected chi connectivity index (χ4v) is 2.61. The summed E-state index contributed by atoms with van der Waals surface area (Å²) in [5.74, 6) is 0.334. The molecule has 20 heavy (non-hydrogen) atoms. The van der Waals surface area contributed by atoms with E-state index in [0.717, 1.165) is 0 Å². The molecule has 2 aromatic carbocycles. The molecule has 2 rings (SSSR count). The van der Waals surface area contributed by atoms with Gasteiger partial charge >= 0.3 is 0 Å². The van der Waals surface area contributed by atoms with Crippen molar-refractivity contribution in [3.8, 4) is 5.75 Å². The Morgan fingerprint density at radius 3 is 2.65 bits per heavy atom. The molecule has 0 aliphatic rings. The second-order valence-electron chi connectivity index (χ2n) is 4.50. The van der Waals surface area contributed by atoms with Gasteiger partial charge in [0, 0.05) is 10.0 Å². The van der Waals surface area contributed by atoms with E-state index in [2.05, 4.69) is 15.9 Å². The molecule has 1 atom stereocenters. The Labute approximate surface area is 126 Å². The number of hydrogen-bond acceptors (Lipinski definition) is 2. The van der Waals surface area contributed by atoms with Crippen LogP contribution in [-0.4, -0.2) is 11.7 Å². The fraction of sp³-hybridized carbons (Fsp3) is 0.250.